The number of nitriles is 1. The molecule has 39 heavy (non-hydrogen) atoms. The maximum absolute atomic E-state index is 10.5. The minimum absolute atomic E-state index is 0.414. The fraction of sp³-hybridized carbons (Fsp3) is 0.333. The van der Waals surface area contributed by atoms with Gasteiger partial charge >= 0.3 is 0 Å². The molecule has 0 bridgehead atoms. The van der Waals surface area contributed by atoms with Crippen molar-refractivity contribution in [3.8, 4) is 17.7 Å². The van der Waals surface area contributed by atoms with E-state index < -0.39 is 0 Å². The summed E-state index contributed by atoms with van der Waals surface area (Å²) >= 11 is 0. The molecule has 198 valence electrons. The van der Waals surface area contributed by atoms with Crippen LogP contribution >= 0.6 is 0 Å². The lowest BCUT2D eigenvalue weighted by Gasteiger charge is -2.37. The first-order chi connectivity index (χ1) is 19.0. The number of nitrogens with one attached hydrogen (secondary N) is 1. The zero-order valence-corrected chi connectivity index (χ0v) is 23.3. The van der Waals surface area contributed by atoms with Gasteiger partial charge in [-0.2, -0.15) is 10.2 Å². The van der Waals surface area contributed by atoms with E-state index in [0.717, 1.165) is 73.0 Å². The van der Waals surface area contributed by atoms with E-state index in [2.05, 4.69) is 90.5 Å². The highest BCUT2D eigenvalue weighted by Crippen LogP contribution is 2.40. The average molecular weight is 518 g/mol. The molecule has 0 amide bonds. The van der Waals surface area contributed by atoms with Crippen molar-refractivity contribution in [1.29, 1.82) is 5.26 Å². The third-order valence-corrected chi connectivity index (χ3v) is 8.37. The van der Waals surface area contributed by atoms with Crippen LogP contribution in [0.1, 0.15) is 38.9 Å². The summed E-state index contributed by atoms with van der Waals surface area (Å²) in [6.45, 7) is 13.5. The van der Waals surface area contributed by atoms with Gasteiger partial charge in [0.25, 0.3) is 0 Å². The lowest BCUT2D eigenvalue weighted by atomic mass is 9.94. The van der Waals surface area contributed by atoms with Gasteiger partial charge in [0.2, 0.25) is 5.88 Å². The van der Waals surface area contributed by atoms with E-state index in [1.165, 1.54) is 27.6 Å². The Balaban J connectivity index is 1.50. The van der Waals surface area contributed by atoms with Crippen LogP contribution in [-0.4, -0.2) is 37.7 Å². The number of piperazine rings is 1. The molecule has 4 aromatic rings. The molecular formula is C33H35N5O. The van der Waals surface area contributed by atoms with E-state index in [4.69, 9.17) is 9.72 Å². The molecule has 3 heterocycles. The molecule has 1 aromatic heterocycles. The van der Waals surface area contributed by atoms with Crippen LogP contribution in [0, 0.1) is 39.0 Å². The molecule has 6 rings (SSSR count). The number of aryl methyl sites for hydroxylation is 3. The van der Waals surface area contributed by atoms with Crippen molar-refractivity contribution in [3.63, 3.8) is 0 Å². The molecule has 6 heteroatoms. The molecular weight excluding hydrogens is 482 g/mol. The van der Waals surface area contributed by atoms with Gasteiger partial charge < -0.3 is 19.9 Å². The monoisotopic (exact) mass is 517 g/mol. The number of fused-ring (bicyclic) bond motifs is 2. The number of pyridine rings is 1. The Labute approximate surface area is 230 Å². The van der Waals surface area contributed by atoms with Gasteiger partial charge in [0, 0.05) is 61.5 Å². The van der Waals surface area contributed by atoms with Crippen LogP contribution in [0.25, 0.3) is 10.8 Å². The molecule has 1 fully saturated rings. The Morgan fingerprint density at radius 2 is 1.59 bits per heavy atom. The van der Waals surface area contributed by atoms with Gasteiger partial charge in [0.05, 0.1) is 0 Å². The molecule has 0 spiro atoms. The molecule has 1 N–H and O–H groups in total. The lowest BCUT2D eigenvalue weighted by Crippen LogP contribution is -2.45. The maximum atomic E-state index is 10.5. The van der Waals surface area contributed by atoms with E-state index in [0.29, 0.717) is 18.0 Å². The van der Waals surface area contributed by atoms with Crippen LogP contribution in [0.3, 0.4) is 0 Å². The molecule has 6 nitrogen and oxygen atoms in total. The number of benzene rings is 3. The first-order valence-electron chi connectivity index (χ1n) is 13.9. The zero-order chi connectivity index (χ0) is 27.1. The minimum Gasteiger partial charge on any atom is -0.437 e. The topological polar surface area (TPSA) is 64.4 Å². The van der Waals surface area contributed by atoms with Crippen LogP contribution in [0.2, 0.25) is 0 Å². The Bertz CT molecular complexity index is 1610. The summed E-state index contributed by atoms with van der Waals surface area (Å²) in [6, 6.07) is 19.7. The molecule has 0 radical (unpaired) electrons. The fourth-order valence-corrected chi connectivity index (χ4v) is 6.07. The number of nitrogens with zero attached hydrogens (tertiary/aromatic N) is 4. The molecule has 0 saturated carbocycles. The fourth-order valence-electron chi connectivity index (χ4n) is 6.07. The van der Waals surface area contributed by atoms with Gasteiger partial charge in [-0.3, -0.25) is 0 Å². The van der Waals surface area contributed by atoms with E-state index >= 15 is 0 Å². The van der Waals surface area contributed by atoms with Gasteiger partial charge in [-0.25, -0.2) is 0 Å². The Hall–Kier alpha value is -4.08. The Morgan fingerprint density at radius 1 is 0.846 bits per heavy atom. The number of ether oxygens (including phenoxy) is 1. The minimum atomic E-state index is 0.414. The van der Waals surface area contributed by atoms with Gasteiger partial charge in [-0.15, -0.1) is 0 Å². The molecule has 0 atom stereocenters. The Kier molecular flexibility index (Phi) is 6.62. The van der Waals surface area contributed by atoms with Crippen LogP contribution in [0.5, 0.6) is 11.6 Å². The number of hydrogen-bond acceptors (Lipinski definition) is 6. The standard InChI is InChI=1S/C33H35N5O/c1-21-11-12-23(3)31(24(21)4)39-33-27(19-34)28-20-38(29-10-6-9-25-8-5-7-22(2)30(25)29)16-13-26(28)32(36-33)37-17-14-35-15-18-37/h5-12,35H,13-18,20H2,1-4H3. The number of rotatable bonds is 4. The van der Waals surface area contributed by atoms with E-state index in [1.807, 2.05) is 6.92 Å². The molecule has 0 unspecified atom stereocenters. The number of anilines is 2. The van der Waals surface area contributed by atoms with Gasteiger partial charge in [-0.05, 0) is 67.8 Å². The van der Waals surface area contributed by atoms with Crippen LogP contribution in [-0.2, 0) is 13.0 Å². The van der Waals surface area contributed by atoms with Crippen LogP contribution in [0.4, 0.5) is 11.5 Å². The predicted molar refractivity (Wildman–Crippen MR) is 158 cm³/mol. The van der Waals surface area contributed by atoms with E-state index in [-0.39, 0.29) is 0 Å². The molecule has 2 aliphatic heterocycles. The summed E-state index contributed by atoms with van der Waals surface area (Å²) in [4.78, 5) is 9.87. The summed E-state index contributed by atoms with van der Waals surface area (Å²) in [6.07, 6.45) is 0.835. The summed E-state index contributed by atoms with van der Waals surface area (Å²) in [5.41, 5.74) is 8.53. The van der Waals surface area contributed by atoms with E-state index in [9.17, 15) is 5.26 Å². The summed E-state index contributed by atoms with van der Waals surface area (Å²) in [5, 5.41) is 16.5. The van der Waals surface area contributed by atoms with Crippen molar-refractivity contribution >= 4 is 22.3 Å². The number of hydrogen-bond donors (Lipinski definition) is 1. The predicted octanol–water partition coefficient (Wildman–Crippen LogP) is 6.10. The lowest BCUT2D eigenvalue weighted by molar-refractivity contribution is 0.450. The third-order valence-electron chi connectivity index (χ3n) is 8.37. The highest BCUT2D eigenvalue weighted by Gasteiger charge is 2.30. The normalized spacial score (nSPS) is 15.3. The summed E-state index contributed by atoms with van der Waals surface area (Å²) < 4.78 is 6.58. The highest BCUT2D eigenvalue weighted by atomic mass is 16.5. The molecule has 3 aromatic carbocycles. The Morgan fingerprint density at radius 3 is 2.36 bits per heavy atom. The largest absolute Gasteiger partial charge is 0.437 e. The van der Waals surface area contributed by atoms with E-state index in [1.54, 1.807) is 0 Å². The third kappa shape index (κ3) is 4.47. The first kappa shape index (κ1) is 25.2. The highest BCUT2D eigenvalue weighted by molar-refractivity contribution is 5.97. The van der Waals surface area contributed by atoms with Crippen molar-refractivity contribution < 1.29 is 4.74 Å². The van der Waals surface area contributed by atoms with Crippen molar-refractivity contribution in [2.45, 2.75) is 40.7 Å². The smallest absolute Gasteiger partial charge is 0.239 e. The van der Waals surface area contributed by atoms with Crippen LogP contribution < -0.4 is 19.9 Å². The SMILES string of the molecule is Cc1ccc(C)c(Oc2nc(N3CCNCC3)c3c(c2C#N)CN(c2cccc4cccc(C)c24)CC3)c1C. The molecule has 0 aliphatic carbocycles. The molecule has 1 saturated heterocycles. The van der Waals surface area contributed by atoms with Gasteiger partial charge in [0.1, 0.15) is 23.2 Å². The average Bonchev–Trinajstić information content (AvgIpc) is 2.97. The maximum Gasteiger partial charge on any atom is 0.239 e. The second-order valence-corrected chi connectivity index (χ2v) is 10.8. The summed E-state index contributed by atoms with van der Waals surface area (Å²) in [7, 11) is 0. The summed E-state index contributed by atoms with van der Waals surface area (Å²) in [5.74, 6) is 2.18. The van der Waals surface area contributed by atoms with Crippen molar-refractivity contribution in [2.75, 3.05) is 42.5 Å². The van der Waals surface area contributed by atoms with Gasteiger partial charge in [-0.1, -0.05) is 42.5 Å². The first-order valence-corrected chi connectivity index (χ1v) is 13.9. The zero-order valence-electron chi connectivity index (χ0n) is 23.3. The van der Waals surface area contributed by atoms with Crippen LogP contribution in [0.15, 0.2) is 48.5 Å². The van der Waals surface area contributed by atoms with Crippen molar-refractivity contribution in [1.82, 2.24) is 10.3 Å². The number of aromatic nitrogens is 1. The van der Waals surface area contributed by atoms with Gasteiger partial charge in [0.15, 0.2) is 0 Å². The quantitative estimate of drug-likeness (QED) is 0.353. The second kappa shape index (κ2) is 10.2. The van der Waals surface area contributed by atoms with Crippen molar-refractivity contribution in [2.24, 2.45) is 0 Å². The van der Waals surface area contributed by atoms with Crippen molar-refractivity contribution in [3.05, 3.63) is 87.5 Å². The second-order valence-electron chi connectivity index (χ2n) is 10.8. The molecule has 2 aliphatic rings.